The number of carbonyl (C=O) groups excluding carboxylic acids is 1. The summed E-state index contributed by atoms with van der Waals surface area (Å²) in [6.45, 7) is -0.136. The highest BCUT2D eigenvalue weighted by Gasteiger charge is 2.20. The van der Waals surface area contributed by atoms with Gasteiger partial charge in [0.25, 0.3) is 11.6 Å². The summed E-state index contributed by atoms with van der Waals surface area (Å²) in [6.07, 6.45) is 1.33. The van der Waals surface area contributed by atoms with Crippen LogP contribution in [0, 0.1) is 10.1 Å². The number of nitro benzene ring substituents is 1. The Bertz CT molecular complexity index is 1650. The zero-order valence-electron chi connectivity index (χ0n) is 19.2. The molecule has 0 aliphatic rings. The number of nitro groups is 1. The number of nitrogens with zero attached hydrogens (tertiary/aromatic N) is 6. The number of furan rings is 1. The van der Waals surface area contributed by atoms with Crippen LogP contribution in [0.25, 0.3) is 33.9 Å². The van der Waals surface area contributed by atoms with E-state index in [0.29, 0.717) is 33.9 Å². The number of carbonyl (C=O) groups is 1. The van der Waals surface area contributed by atoms with E-state index in [0.717, 1.165) is 0 Å². The Morgan fingerprint density at radius 2 is 2.08 bits per heavy atom. The van der Waals surface area contributed by atoms with Crippen molar-refractivity contribution in [3.8, 4) is 28.6 Å². The minimum Gasteiger partial charge on any atom is -0.496 e. The molecule has 3 heterocycles. The lowest BCUT2D eigenvalue weighted by molar-refractivity contribution is -0.384. The van der Waals surface area contributed by atoms with E-state index in [1.165, 1.54) is 31.5 Å². The molecule has 37 heavy (non-hydrogen) atoms. The quantitative estimate of drug-likeness (QED) is 0.181. The van der Waals surface area contributed by atoms with Crippen LogP contribution >= 0.6 is 0 Å². The van der Waals surface area contributed by atoms with Gasteiger partial charge in [-0.2, -0.15) is 5.10 Å². The Kier molecular flexibility index (Phi) is 6.03. The Morgan fingerprint density at radius 1 is 1.24 bits per heavy atom. The second-order valence-corrected chi connectivity index (χ2v) is 7.65. The Hall–Kier alpha value is -5.53. The van der Waals surface area contributed by atoms with Gasteiger partial charge < -0.3 is 19.5 Å². The number of hydrazone groups is 1. The van der Waals surface area contributed by atoms with Crippen LogP contribution in [-0.2, 0) is 11.3 Å². The van der Waals surface area contributed by atoms with E-state index in [9.17, 15) is 14.9 Å². The summed E-state index contributed by atoms with van der Waals surface area (Å²) >= 11 is 0. The third-order valence-corrected chi connectivity index (χ3v) is 5.35. The van der Waals surface area contributed by atoms with Crippen molar-refractivity contribution < 1.29 is 23.5 Å². The average molecular weight is 502 g/mol. The van der Waals surface area contributed by atoms with E-state index in [-0.39, 0.29) is 29.5 Å². The maximum absolute atomic E-state index is 12.7. The molecule has 0 saturated heterocycles. The van der Waals surface area contributed by atoms with Crippen LogP contribution < -0.4 is 15.9 Å². The highest BCUT2D eigenvalue weighted by Crippen LogP contribution is 2.34. The number of para-hydroxylation sites is 2. The Morgan fingerprint density at radius 3 is 2.84 bits per heavy atom. The van der Waals surface area contributed by atoms with Gasteiger partial charge in [0.15, 0.2) is 17.3 Å². The molecule has 0 bridgehead atoms. The highest BCUT2D eigenvalue weighted by atomic mass is 16.6. The highest BCUT2D eigenvalue weighted by molar-refractivity contribution is 5.86. The van der Waals surface area contributed by atoms with Gasteiger partial charge in [-0.3, -0.25) is 14.9 Å². The number of aromatic nitrogens is 4. The minimum atomic E-state index is -0.512. The summed E-state index contributed by atoms with van der Waals surface area (Å²) in [7, 11) is 1.41. The molecule has 0 unspecified atom stereocenters. The van der Waals surface area contributed by atoms with Crippen LogP contribution in [0.1, 0.15) is 5.76 Å². The summed E-state index contributed by atoms with van der Waals surface area (Å²) in [5, 5.41) is 22.3. The summed E-state index contributed by atoms with van der Waals surface area (Å²) in [5.41, 5.74) is 10.2. The van der Waals surface area contributed by atoms with E-state index in [1.807, 2.05) is 18.2 Å². The van der Waals surface area contributed by atoms with Crippen LogP contribution in [0.5, 0.6) is 5.75 Å². The number of hydrogen-bond acceptors (Lipinski definition) is 11. The van der Waals surface area contributed by atoms with E-state index in [2.05, 4.69) is 30.5 Å². The Labute approximate surface area is 207 Å². The number of amides is 1. The second kappa shape index (κ2) is 9.61. The molecule has 0 atom stereocenters. The van der Waals surface area contributed by atoms with Gasteiger partial charge in [0.05, 0.1) is 40.9 Å². The largest absolute Gasteiger partial charge is 0.496 e. The first-order chi connectivity index (χ1) is 17.9. The van der Waals surface area contributed by atoms with Crippen LogP contribution in [-0.4, -0.2) is 44.0 Å². The number of fused-ring (bicyclic) bond motifs is 1. The number of nitrogens with one attached hydrogen (secondary N) is 1. The fraction of sp³-hybridized carbons (Fsp3) is 0.0870. The first-order valence-corrected chi connectivity index (χ1v) is 10.7. The van der Waals surface area contributed by atoms with Gasteiger partial charge in [0.1, 0.15) is 23.8 Å². The van der Waals surface area contributed by atoms with Crippen molar-refractivity contribution in [3.05, 3.63) is 70.5 Å². The van der Waals surface area contributed by atoms with Gasteiger partial charge in [-0.05, 0) is 40.6 Å². The first-order valence-electron chi connectivity index (χ1n) is 10.7. The number of methoxy groups -OCH3 is 1. The van der Waals surface area contributed by atoms with Gasteiger partial charge in [-0.1, -0.05) is 12.1 Å². The van der Waals surface area contributed by atoms with Crippen LogP contribution in [0.2, 0.25) is 0 Å². The molecule has 0 aliphatic heterocycles. The number of rotatable bonds is 8. The predicted molar refractivity (Wildman–Crippen MR) is 131 cm³/mol. The first kappa shape index (κ1) is 23.2. The fourth-order valence-electron chi connectivity index (χ4n) is 3.68. The van der Waals surface area contributed by atoms with Crippen LogP contribution in [0.15, 0.2) is 68.7 Å². The van der Waals surface area contributed by atoms with Crippen molar-refractivity contribution in [3.63, 3.8) is 0 Å². The minimum absolute atomic E-state index is 0.0493. The molecule has 0 saturated carbocycles. The van der Waals surface area contributed by atoms with Crippen molar-refractivity contribution in [1.29, 1.82) is 0 Å². The third kappa shape index (κ3) is 4.58. The van der Waals surface area contributed by atoms with Crippen molar-refractivity contribution in [2.75, 3.05) is 12.8 Å². The van der Waals surface area contributed by atoms with Crippen molar-refractivity contribution in [2.45, 2.75) is 6.54 Å². The topological polar surface area (TPSA) is 190 Å². The number of non-ortho nitro benzene ring substituents is 1. The zero-order valence-corrected chi connectivity index (χ0v) is 19.2. The SMILES string of the molecule is COc1cc([N+](=O)[O-])ccc1-c1ccc(/C=N\NC(=O)Cn2c(-c3nonc3N)nc3ccccc32)o1. The molecule has 0 fully saturated rings. The molecule has 1 amide bonds. The number of benzene rings is 2. The summed E-state index contributed by atoms with van der Waals surface area (Å²) in [5.74, 6) is 0.963. The smallest absolute Gasteiger partial charge is 0.273 e. The summed E-state index contributed by atoms with van der Waals surface area (Å²) in [4.78, 5) is 27.7. The van der Waals surface area contributed by atoms with Gasteiger partial charge in [-0.15, -0.1) is 0 Å². The maximum Gasteiger partial charge on any atom is 0.273 e. The average Bonchev–Trinajstić information content (AvgIpc) is 3.62. The normalized spacial score (nSPS) is 11.3. The Balaban J connectivity index is 1.31. The monoisotopic (exact) mass is 502 g/mol. The zero-order chi connectivity index (χ0) is 25.9. The number of hydrogen-bond donors (Lipinski definition) is 2. The van der Waals surface area contributed by atoms with Gasteiger partial charge in [-0.25, -0.2) is 15.0 Å². The maximum atomic E-state index is 12.7. The fourth-order valence-corrected chi connectivity index (χ4v) is 3.68. The van der Waals surface area contributed by atoms with E-state index in [4.69, 9.17) is 14.9 Å². The molecule has 3 aromatic heterocycles. The van der Waals surface area contributed by atoms with E-state index >= 15 is 0 Å². The van der Waals surface area contributed by atoms with E-state index < -0.39 is 10.8 Å². The number of anilines is 1. The molecule has 5 aromatic rings. The van der Waals surface area contributed by atoms with Crippen LogP contribution in [0.4, 0.5) is 11.5 Å². The molecule has 0 radical (unpaired) electrons. The van der Waals surface area contributed by atoms with Crippen molar-refractivity contribution >= 4 is 34.7 Å². The molecule has 2 aromatic carbocycles. The number of imidazole rings is 1. The predicted octanol–water partition coefficient (Wildman–Crippen LogP) is 3.00. The molecule has 14 nitrogen and oxygen atoms in total. The molecule has 3 N–H and O–H groups in total. The van der Waals surface area contributed by atoms with Gasteiger partial charge in [0, 0.05) is 6.07 Å². The molecule has 14 heteroatoms. The van der Waals surface area contributed by atoms with Gasteiger partial charge in [0.2, 0.25) is 0 Å². The molecular formula is C23H18N8O6. The second-order valence-electron chi connectivity index (χ2n) is 7.65. The lowest BCUT2D eigenvalue weighted by Crippen LogP contribution is -2.23. The summed E-state index contributed by atoms with van der Waals surface area (Å²) < 4.78 is 17.3. The lowest BCUT2D eigenvalue weighted by atomic mass is 10.1. The standard InChI is InChI=1S/C23H18N8O6/c1-35-19-10-13(31(33)34)6-8-15(19)18-9-7-14(36-18)11-25-27-20(32)12-30-17-5-3-2-4-16(17)26-23(30)21-22(24)29-37-28-21/h2-11H,12H2,1H3,(H2,24,29)(H,27,32)/b25-11-. The van der Waals surface area contributed by atoms with Crippen LogP contribution in [0.3, 0.4) is 0 Å². The third-order valence-electron chi connectivity index (χ3n) is 5.35. The van der Waals surface area contributed by atoms with Crippen molar-refractivity contribution in [1.82, 2.24) is 25.3 Å². The molecule has 186 valence electrons. The van der Waals surface area contributed by atoms with Crippen molar-refractivity contribution in [2.24, 2.45) is 5.10 Å². The number of nitrogens with two attached hydrogens (primary N) is 1. The molecule has 0 aliphatic carbocycles. The summed E-state index contributed by atoms with van der Waals surface area (Å²) in [6, 6.07) is 14.7. The van der Waals surface area contributed by atoms with Gasteiger partial charge >= 0.3 is 0 Å². The molecular weight excluding hydrogens is 484 g/mol. The number of ether oxygens (including phenoxy) is 1. The molecule has 0 spiro atoms. The number of nitrogen functional groups attached to an aromatic ring is 1. The molecule has 5 rings (SSSR count). The van der Waals surface area contributed by atoms with E-state index in [1.54, 1.807) is 22.8 Å². The lowest BCUT2D eigenvalue weighted by Gasteiger charge is -2.06.